The quantitative estimate of drug-likeness (QED) is 0.201. The van der Waals surface area contributed by atoms with Gasteiger partial charge in [0.15, 0.2) is 0 Å². The second-order valence-corrected chi connectivity index (χ2v) is 20.2. The van der Waals surface area contributed by atoms with Crippen LogP contribution in [0.5, 0.6) is 0 Å². The van der Waals surface area contributed by atoms with Crippen LogP contribution in [0.2, 0.25) is 19.6 Å². The molecule has 0 N–H and O–H groups in total. The van der Waals surface area contributed by atoms with Gasteiger partial charge < -0.3 is 24.8 Å². The first-order chi connectivity index (χ1) is 18.6. The molecule has 0 atom stereocenters. The van der Waals surface area contributed by atoms with Gasteiger partial charge in [-0.25, -0.2) is 11.3 Å². The molecule has 5 rings (SSSR count). The van der Waals surface area contributed by atoms with Gasteiger partial charge in [0.2, 0.25) is 0 Å². The van der Waals surface area contributed by atoms with E-state index >= 15 is 0 Å². The van der Waals surface area contributed by atoms with Crippen molar-refractivity contribution in [1.29, 1.82) is 0 Å². The summed E-state index contributed by atoms with van der Waals surface area (Å²) < 4.78 is 2.25. The van der Waals surface area contributed by atoms with Gasteiger partial charge in [-0.3, -0.25) is 0 Å². The minimum atomic E-state index is -1.01. The van der Waals surface area contributed by atoms with Gasteiger partial charge in [-0.15, -0.1) is 5.56 Å². The Bertz CT molecular complexity index is 1350. The predicted molar refractivity (Wildman–Crippen MR) is 177 cm³/mol. The molecule has 1 aliphatic carbocycles. The molecule has 1 aliphatic rings. The third-order valence-electron chi connectivity index (χ3n) is 7.48. The molecule has 4 heteroatoms. The van der Waals surface area contributed by atoms with Gasteiger partial charge in [0.25, 0.3) is 0 Å². The molecular formula is C38H48Cl2SiZr-2. The monoisotopic (exact) mass is 692 g/mol. The Hall–Kier alpha value is -1.44. The molecule has 4 aromatic rings. The molecule has 0 saturated carbocycles. The van der Waals surface area contributed by atoms with E-state index in [4.69, 9.17) is 0 Å². The van der Waals surface area contributed by atoms with Crippen molar-refractivity contribution < 1.29 is 49.0 Å². The SMILES string of the molecule is CC(C)(C)c1c[c-]c2c(c1)-c1cc(C(C)(C)C)ccc1C2.Cc1cc([Si](C)(C)C)c[cH-]1.[Cl-].[Cl-].[Zr+2]=[CH]Cc1ccccc1. The Kier molecular flexibility index (Phi) is 14.7. The number of hydrogen-bond donors (Lipinski definition) is 0. The van der Waals surface area contributed by atoms with Gasteiger partial charge in [0, 0.05) is 8.07 Å². The van der Waals surface area contributed by atoms with Crippen molar-refractivity contribution in [3.8, 4) is 11.1 Å². The summed E-state index contributed by atoms with van der Waals surface area (Å²) in [5, 5.41) is 1.57. The van der Waals surface area contributed by atoms with Gasteiger partial charge in [-0.2, -0.15) is 47.0 Å². The van der Waals surface area contributed by atoms with Gasteiger partial charge >= 0.3 is 70.3 Å². The van der Waals surface area contributed by atoms with Crippen LogP contribution in [0.25, 0.3) is 11.1 Å². The van der Waals surface area contributed by atoms with E-state index in [1.807, 2.05) is 6.07 Å². The van der Waals surface area contributed by atoms with Gasteiger partial charge in [0.1, 0.15) is 0 Å². The van der Waals surface area contributed by atoms with Crippen LogP contribution >= 0.6 is 0 Å². The molecule has 0 aliphatic heterocycles. The summed E-state index contributed by atoms with van der Waals surface area (Å²) in [6, 6.07) is 32.4. The van der Waals surface area contributed by atoms with Crippen LogP contribution in [0.4, 0.5) is 0 Å². The fourth-order valence-corrected chi connectivity index (χ4v) is 6.57. The number of rotatable bonds is 3. The third kappa shape index (κ3) is 10.9. The molecule has 0 radical (unpaired) electrons. The van der Waals surface area contributed by atoms with Crippen LogP contribution in [-0.4, -0.2) is 11.8 Å². The van der Waals surface area contributed by atoms with E-state index in [1.165, 1.54) is 68.7 Å². The van der Waals surface area contributed by atoms with E-state index in [9.17, 15) is 0 Å². The molecule has 42 heavy (non-hydrogen) atoms. The van der Waals surface area contributed by atoms with Crippen molar-refractivity contribution in [1.82, 2.24) is 0 Å². The molecule has 0 unspecified atom stereocenters. The summed E-state index contributed by atoms with van der Waals surface area (Å²) in [5.74, 6) is 0. The molecule has 0 heterocycles. The first kappa shape index (κ1) is 38.6. The van der Waals surface area contributed by atoms with E-state index in [1.54, 1.807) is 5.19 Å². The molecule has 0 fully saturated rings. The average Bonchev–Trinajstić information content (AvgIpc) is 3.47. The zero-order chi connectivity index (χ0) is 29.7. The molecular weight excluding hydrogens is 647 g/mol. The summed E-state index contributed by atoms with van der Waals surface area (Å²) in [4.78, 5) is 0. The van der Waals surface area contributed by atoms with Crippen LogP contribution in [0.3, 0.4) is 0 Å². The molecule has 0 aromatic heterocycles. The predicted octanol–water partition coefficient (Wildman–Crippen LogP) is 3.50. The first-order valence-corrected chi connectivity index (χ1v) is 19.5. The normalized spacial score (nSPS) is 11.8. The Morgan fingerprint density at radius 3 is 1.90 bits per heavy atom. The maximum absolute atomic E-state index is 3.53. The van der Waals surface area contributed by atoms with Crippen LogP contribution < -0.4 is 30.0 Å². The van der Waals surface area contributed by atoms with Crippen molar-refractivity contribution >= 4 is 17.0 Å². The van der Waals surface area contributed by atoms with Gasteiger partial charge in [-0.1, -0.05) is 103 Å². The summed E-state index contributed by atoms with van der Waals surface area (Å²) in [6.07, 6.45) is 2.15. The minimum absolute atomic E-state index is 0. The van der Waals surface area contributed by atoms with Crippen LogP contribution in [0.15, 0.2) is 78.9 Å². The van der Waals surface area contributed by atoms with E-state index in [0.29, 0.717) is 0 Å². The standard InChI is InChI=1S/C21H25.C9H15Si.C8H8.2ClH.Zr/c1-20(2,3)16-9-7-14-11-15-8-10-17(21(4,5)6)13-19(15)18(14)12-16;1-8-5-6-9(7-8)10(2,3)4;1-2-8-6-4-3-5-7-8;;;/h7,9-10,12-13H,11H2,1-6H3;5-7H,1-4H3;1,3-7H,2H2;2*1H;/q2*-1;;;;+2/p-2. The Balaban J connectivity index is 0.000000353. The third-order valence-corrected chi connectivity index (χ3v) is 10.0. The maximum atomic E-state index is 3.53. The zero-order valence-corrected chi connectivity index (χ0v) is 32.2. The Morgan fingerprint density at radius 1 is 0.833 bits per heavy atom. The molecule has 0 bridgehead atoms. The van der Waals surface area contributed by atoms with E-state index in [0.717, 1.165) is 12.8 Å². The zero-order valence-electron chi connectivity index (χ0n) is 27.3. The number of benzene rings is 3. The summed E-state index contributed by atoms with van der Waals surface area (Å²) in [5.41, 5.74) is 11.6. The number of aryl methyl sites for hydroxylation is 1. The molecule has 224 valence electrons. The van der Waals surface area contributed by atoms with Crippen molar-refractivity contribution in [2.45, 2.75) is 91.8 Å². The molecule has 0 amide bonds. The van der Waals surface area contributed by atoms with Crippen molar-refractivity contribution in [2.24, 2.45) is 0 Å². The fourth-order valence-electron chi connectivity index (χ4n) is 4.75. The number of hydrogen-bond acceptors (Lipinski definition) is 0. The van der Waals surface area contributed by atoms with Crippen LogP contribution in [0, 0.1) is 13.0 Å². The first-order valence-electron chi connectivity index (χ1n) is 14.5. The second-order valence-electron chi connectivity index (χ2n) is 14.2. The Morgan fingerprint density at radius 2 is 1.43 bits per heavy atom. The van der Waals surface area contributed by atoms with E-state index < -0.39 is 8.07 Å². The van der Waals surface area contributed by atoms with E-state index in [2.05, 4.69) is 151 Å². The molecule has 0 saturated heterocycles. The van der Waals surface area contributed by atoms with Crippen molar-refractivity contribution in [3.63, 3.8) is 0 Å². The van der Waals surface area contributed by atoms with Gasteiger partial charge in [-0.05, 0) is 17.4 Å². The molecule has 4 aromatic carbocycles. The summed E-state index contributed by atoms with van der Waals surface area (Å²) in [6.45, 7) is 22.9. The molecule has 0 nitrogen and oxygen atoms in total. The summed E-state index contributed by atoms with van der Waals surface area (Å²) in [7, 11) is -1.01. The fraction of sp³-hybridized carbons (Fsp3) is 0.368. The van der Waals surface area contributed by atoms with Crippen molar-refractivity contribution in [3.05, 3.63) is 118 Å². The number of fused-ring (bicyclic) bond motifs is 3. The van der Waals surface area contributed by atoms with Crippen LogP contribution in [0.1, 0.15) is 74.9 Å². The van der Waals surface area contributed by atoms with Gasteiger partial charge in [0.05, 0.1) is 0 Å². The van der Waals surface area contributed by atoms with Crippen molar-refractivity contribution in [2.75, 3.05) is 0 Å². The molecule has 0 spiro atoms. The number of halogens is 2. The second kappa shape index (κ2) is 16.0. The topological polar surface area (TPSA) is 0 Å². The van der Waals surface area contributed by atoms with E-state index in [-0.39, 0.29) is 35.6 Å². The summed E-state index contributed by atoms with van der Waals surface area (Å²) >= 11 is 1.51. The van der Waals surface area contributed by atoms with Crippen LogP contribution in [-0.2, 0) is 47.9 Å². The average molecular weight is 695 g/mol. The Labute approximate surface area is 285 Å².